The molecule has 0 radical (unpaired) electrons. The highest BCUT2D eigenvalue weighted by atomic mass is 79.9. The zero-order valence-electron chi connectivity index (χ0n) is 7.27. The summed E-state index contributed by atoms with van der Waals surface area (Å²) in [6, 6.07) is 2.65. The zero-order chi connectivity index (χ0) is 10.6. The monoisotopic (exact) mass is 282 g/mol. The molecule has 2 nitrogen and oxygen atoms in total. The minimum Gasteiger partial charge on any atom is -0.492 e. The molecule has 0 aliphatic carbocycles. The molecular formula is C9H9BrClFO2. The molecule has 1 N–H and O–H groups in total. The molecular weight excluding hydrogens is 274 g/mol. The summed E-state index contributed by atoms with van der Waals surface area (Å²) in [7, 11) is 0. The third kappa shape index (κ3) is 3.12. The summed E-state index contributed by atoms with van der Waals surface area (Å²) in [5, 5.41) is 8.57. The predicted octanol–water partition coefficient (Wildman–Crippen LogP) is 3.00. The molecule has 0 aliphatic rings. The molecule has 0 amide bonds. The van der Waals surface area contributed by atoms with Crippen molar-refractivity contribution in [2.75, 3.05) is 13.2 Å². The van der Waals surface area contributed by atoms with Crippen molar-refractivity contribution in [3.63, 3.8) is 0 Å². The molecule has 0 heterocycles. The van der Waals surface area contributed by atoms with Crippen LogP contribution in [0.2, 0.25) is 5.02 Å². The summed E-state index contributed by atoms with van der Waals surface area (Å²) in [5.74, 6) is -0.130. The van der Waals surface area contributed by atoms with Gasteiger partial charge in [-0.1, -0.05) is 11.6 Å². The molecule has 1 rings (SSSR count). The van der Waals surface area contributed by atoms with Crippen molar-refractivity contribution in [1.29, 1.82) is 0 Å². The van der Waals surface area contributed by atoms with Crippen LogP contribution in [0.4, 0.5) is 4.39 Å². The van der Waals surface area contributed by atoms with Gasteiger partial charge in [0.25, 0.3) is 0 Å². The second-order valence-electron chi connectivity index (χ2n) is 2.62. The smallest absolute Gasteiger partial charge is 0.145 e. The Balaban J connectivity index is 2.72. The van der Waals surface area contributed by atoms with Gasteiger partial charge in [0, 0.05) is 19.1 Å². The van der Waals surface area contributed by atoms with Crippen LogP contribution in [0.1, 0.15) is 6.42 Å². The highest BCUT2D eigenvalue weighted by Gasteiger charge is 2.07. The third-order valence-corrected chi connectivity index (χ3v) is 2.44. The molecule has 0 aromatic heterocycles. The summed E-state index contributed by atoms with van der Waals surface area (Å²) < 4.78 is 18.8. The van der Waals surface area contributed by atoms with Crippen molar-refractivity contribution >= 4 is 27.5 Å². The topological polar surface area (TPSA) is 29.5 Å². The second kappa shape index (κ2) is 5.53. The van der Waals surface area contributed by atoms with Gasteiger partial charge in [0.1, 0.15) is 11.6 Å². The van der Waals surface area contributed by atoms with Crippen molar-refractivity contribution in [2.24, 2.45) is 0 Å². The first-order valence-corrected chi connectivity index (χ1v) is 5.20. The summed E-state index contributed by atoms with van der Waals surface area (Å²) >= 11 is 8.74. The van der Waals surface area contributed by atoms with Gasteiger partial charge < -0.3 is 9.84 Å². The van der Waals surface area contributed by atoms with Crippen molar-refractivity contribution in [1.82, 2.24) is 0 Å². The Bertz CT molecular complexity index is 320. The van der Waals surface area contributed by atoms with Gasteiger partial charge in [-0.15, -0.1) is 0 Å². The van der Waals surface area contributed by atoms with E-state index in [0.29, 0.717) is 23.2 Å². The van der Waals surface area contributed by atoms with E-state index < -0.39 is 5.82 Å². The summed E-state index contributed by atoms with van der Waals surface area (Å²) in [6.07, 6.45) is 0.511. The maximum absolute atomic E-state index is 13.0. The van der Waals surface area contributed by atoms with Gasteiger partial charge in [-0.05, 0) is 22.0 Å². The number of ether oxygens (including phenoxy) is 1. The lowest BCUT2D eigenvalue weighted by molar-refractivity contribution is 0.232. The number of hydrogen-bond donors (Lipinski definition) is 1. The maximum atomic E-state index is 13.0. The normalized spacial score (nSPS) is 10.3. The Labute approximate surface area is 94.8 Å². The molecule has 0 atom stereocenters. The molecule has 78 valence electrons. The summed E-state index contributed by atoms with van der Waals surface area (Å²) in [5.41, 5.74) is 0. The second-order valence-corrected chi connectivity index (χ2v) is 3.88. The highest BCUT2D eigenvalue weighted by Crippen LogP contribution is 2.30. The Morgan fingerprint density at radius 2 is 2.21 bits per heavy atom. The largest absolute Gasteiger partial charge is 0.492 e. The highest BCUT2D eigenvalue weighted by molar-refractivity contribution is 9.10. The van der Waals surface area contributed by atoms with Gasteiger partial charge in [0.15, 0.2) is 0 Å². The van der Waals surface area contributed by atoms with Gasteiger partial charge in [-0.2, -0.15) is 0 Å². The van der Waals surface area contributed by atoms with E-state index in [4.69, 9.17) is 21.4 Å². The molecule has 0 fully saturated rings. The van der Waals surface area contributed by atoms with Crippen LogP contribution in [0.3, 0.4) is 0 Å². The first-order valence-electron chi connectivity index (χ1n) is 4.03. The number of aliphatic hydroxyl groups is 1. The SMILES string of the molecule is OCCCOc1cc(F)c(Cl)cc1Br. The molecule has 0 spiro atoms. The summed E-state index contributed by atoms with van der Waals surface area (Å²) in [4.78, 5) is 0. The molecule has 14 heavy (non-hydrogen) atoms. The standard InChI is InChI=1S/C9H9BrClFO2/c10-6-4-7(11)8(12)5-9(6)14-3-1-2-13/h4-5,13H,1-3H2. The maximum Gasteiger partial charge on any atom is 0.145 e. The number of benzene rings is 1. The van der Waals surface area contributed by atoms with E-state index in [9.17, 15) is 4.39 Å². The van der Waals surface area contributed by atoms with Gasteiger partial charge in [-0.25, -0.2) is 4.39 Å². The lowest BCUT2D eigenvalue weighted by Gasteiger charge is -2.07. The van der Waals surface area contributed by atoms with Crippen molar-refractivity contribution < 1.29 is 14.2 Å². The van der Waals surface area contributed by atoms with Gasteiger partial charge in [0.05, 0.1) is 16.1 Å². The van der Waals surface area contributed by atoms with Crippen molar-refractivity contribution in [2.45, 2.75) is 6.42 Å². The van der Waals surface area contributed by atoms with E-state index in [1.165, 1.54) is 12.1 Å². The summed E-state index contributed by atoms with van der Waals surface area (Å²) in [6.45, 7) is 0.393. The van der Waals surface area contributed by atoms with Crippen molar-refractivity contribution in [3.05, 3.63) is 27.4 Å². The molecule has 0 saturated heterocycles. The minimum atomic E-state index is -0.520. The van der Waals surface area contributed by atoms with Crippen LogP contribution in [0.25, 0.3) is 0 Å². The Morgan fingerprint density at radius 3 is 2.86 bits per heavy atom. The Hall–Kier alpha value is -0.320. The van der Waals surface area contributed by atoms with E-state index in [1.807, 2.05) is 0 Å². The average molecular weight is 284 g/mol. The zero-order valence-corrected chi connectivity index (χ0v) is 9.61. The minimum absolute atomic E-state index is 0.0476. The van der Waals surface area contributed by atoms with Crippen molar-refractivity contribution in [3.8, 4) is 5.75 Å². The molecule has 0 unspecified atom stereocenters. The van der Waals surface area contributed by atoms with Crippen LogP contribution in [-0.2, 0) is 0 Å². The molecule has 1 aromatic rings. The molecule has 0 bridgehead atoms. The van der Waals surface area contributed by atoms with Crippen LogP contribution >= 0.6 is 27.5 Å². The molecule has 0 aliphatic heterocycles. The van der Waals surface area contributed by atoms with E-state index in [-0.39, 0.29) is 11.6 Å². The van der Waals surface area contributed by atoms with E-state index in [0.717, 1.165) is 0 Å². The fourth-order valence-corrected chi connectivity index (χ4v) is 1.61. The number of hydrogen-bond acceptors (Lipinski definition) is 2. The van der Waals surface area contributed by atoms with Gasteiger partial charge in [-0.3, -0.25) is 0 Å². The Morgan fingerprint density at radius 1 is 1.50 bits per heavy atom. The predicted molar refractivity (Wildman–Crippen MR) is 56.3 cm³/mol. The fraction of sp³-hybridized carbons (Fsp3) is 0.333. The van der Waals surface area contributed by atoms with Gasteiger partial charge >= 0.3 is 0 Å². The van der Waals surface area contributed by atoms with Crippen LogP contribution < -0.4 is 4.74 Å². The molecule has 1 aromatic carbocycles. The lowest BCUT2D eigenvalue weighted by Crippen LogP contribution is -2.00. The van der Waals surface area contributed by atoms with Crippen LogP contribution in [-0.4, -0.2) is 18.3 Å². The Kier molecular flexibility index (Phi) is 4.65. The van der Waals surface area contributed by atoms with Crippen LogP contribution in [0, 0.1) is 5.82 Å². The third-order valence-electron chi connectivity index (χ3n) is 1.53. The molecule has 0 saturated carbocycles. The number of aliphatic hydroxyl groups excluding tert-OH is 1. The fourth-order valence-electron chi connectivity index (χ4n) is 0.862. The van der Waals surface area contributed by atoms with Crippen LogP contribution in [0.5, 0.6) is 5.75 Å². The quantitative estimate of drug-likeness (QED) is 0.680. The first-order chi connectivity index (χ1) is 6.65. The van der Waals surface area contributed by atoms with Gasteiger partial charge in [0.2, 0.25) is 0 Å². The van der Waals surface area contributed by atoms with E-state index in [1.54, 1.807) is 0 Å². The van der Waals surface area contributed by atoms with Crippen LogP contribution in [0.15, 0.2) is 16.6 Å². The first kappa shape index (κ1) is 11.8. The number of halogens is 3. The number of rotatable bonds is 4. The molecule has 5 heteroatoms. The van der Waals surface area contributed by atoms with E-state index in [2.05, 4.69) is 15.9 Å². The van der Waals surface area contributed by atoms with E-state index >= 15 is 0 Å². The average Bonchev–Trinajstić information content (AvgIpc) is 2.14. The lowest BCUT2D eigenvalue weighted by atomic mass is 10.3.